The Morgan fingerprint density at radius 2 is 2.25 bits per heavy atom. The fourth-order valence-corrected chi connectivity index (χ4v) is 2.52. The first kappa shape index (κ1) is 13.6. The lowest BCUT2D eigenvalue weighted by molar-refractivity contribution is 0.607. The van der Waals surface area contributed by atoms with Crippen LogP contribution in [0.15, 0.2) is 12.4 Å². The molecule has 1 heterocycles. The van der Waals surface area contributed by atoms with Gasteiger partial charge in [0.2, 0.25) is 0 Å². The van der Waals surface area contributed by atoms with E-state index in [2.05, 4.69) is 23.4 Å². The molecular weight excluding hydrogens is 218 g/mol. The quantitative estimate of drug-likeness (QED) is 0.710. The Hall–Kier alpha value is -0.480. The molecule has 0 saturated heterocycles. The molecule has 16 heavy (non-hydrogen) atoms. The SMILES string of the molecule is CCCSCC(N)Cc1nccn1CCC. The van der Waals surface area contributed by atoms with Crippen molar-refractivity contribution >= 4 is 11.8 Å². The van der Waals surface area contributed by atoms with Crippen LogP contribution >= 0.6 is 11.8 Å². The Kier molecular flexibility index (Phi) is 6.57. The first-order chi connectivity index (χ1) is 7.77. The summed E-state index contributed by atoms with van der Waals surface area (Å²) in [5.41, 5.74) is 6.10. The molecule has 0 radical (unpaired) electrons. The first-order valence-electron chi connectivity index (χ1n) is 6.11. The van der Waals surface area contributed by atoms with Crippen LogP contribution in [0.1, 0.15) is 32.5 Å². The van der Waals surface area contributed by atoms with Crippen LogP contribution in [0, 0.1) is 0 Å². The third kappa shape index (κ3) is 4.58. The van der Waals surface area contributed by atoms with E-state index in [0.29, 0.717) is 0 Å². The summed E-state index contributed by atoms with van der Waals surface area (Å²) < 4.78 is 2.21. The molecule has 4 heteroatoms. The Balaban J connectivity index is 2.36. The van der Waals surface area contributed by atoms with Crippen LogP contribution in [0.5, 0.6) is 0 Å². The van der Waals surface area contributed by atoms with Crippen molar-refractivity contribution < 1.29 is 0 Å². The zero-order chi connectivity index (χ0) is 11.8. The second-order valence-electron chi connectivity index (χ2n) is 4.08. The number of aromatic nitrogens is 2. The number of aryl methyl sites for hydroxylation is 1. The van der Waals surface area contributed by atoms with Gasteiger partial charge in [0.05, 0.1) is 0 Å². The molecule has 1 aromatic heterocycles. The minimum absolute atomic E-state index is 0.231. The van der Waals surface area contributed by atoms with Gasteiger partial charge in [-0.1, -0.05) is 13.8 Å². The van der Waals surface area contributed by atoms with Crippen LogP contribution in [-0.4, -0.2) is 27.1 Å². The highest BCUT2D eigenvalue weighted by atomic mass is 32.2. The van der Waals surface area contributed by atoms with E-state index >= 15 is 0 Å². The minimum Gasteiger partial charge on any atom is -0.335 e. The smallest absolute Gasteiger partial charge is 0.110 e. The monoisotopic (exact) mass is 241 g/mol. The largest absolute Gasteiger partial charge is 0.335 e. The predicted octanol–water partition coefficient (Wildman–Crippen LogP) is 2.31. The van der Waals surface area contributed by atoms with Crippen molar-refractivity contribution in [3.8, 4) is 0 Å². The third-order valence-electron chi connectivity index (χ3n) is 2.39. The lowest BCUT2D eigenvalue weighted by Gasteiger charge is -2.12. The molecule has 0 spiro atoms. The molecule has 1 unspecified atom stereocenters. The first-order valence-corrected chi connectivity index (χ1v) is 7.26. The van der Waals surface area contributed by atoms with Crippen LogP contribution in [0.25, 0.3) is 0 Å². The summed E-state index contributed by atoms with van der Waals surface area (Å²) in [4.78, 5) is 4.38. The van der Waals surface area contributed by atoms with Gasteiger partial charge in [-0.3, -0.25) is 0 Å². The van der Waals surface area contributed by atoms with Gasteiger partial charge >= 0.3 is 0 Å². The van der Waals surface area contributed by atoms with Gasteiger partial charge in [-0.25, -0.2) is 4.98 Å². The van der Waals surface area contributed by atoms with Crippen molar-refractivity contribution in [1.82, 2.24) is 9.55 Å². The number of rotatable bonds is 8. The number of nitrogens with zero attached hydrogens (tertiary/aromatic N) is 2. The summed E-state index contributed by atoms with van der Waals surface area (Å²) in [7, 11) is 0. The fraction of sp³-hybridized carbons (Fsp3) is 0.750. The normalized spacial score (nSPS) is 12.9. The van der Waals surface area contributed by atoms with Crippen LogP contribution in [-0.2, 0) is 13.0 Å². The molecule has 92 valence electrons. The molecule has 3 nitrogen and oxygen atoms in total. The van der Waals surface area contributed by atoms with E-state index in [4.69, 9.17) is 5.73 Å². The van der Waals surface area contributed by atoms with E-state index in [1.807, 2.05) is 24.2 Å². The van der Waals surface area contributed by atoms with E-state index in [1.165, 1.54) is 12.2 Å². The summed E-state index contributed by atoms with van der Waals surface area (Å²) in [6.45, 7) is 5.43. The average molecular weight is 241 g/mol. The van der Waals surface area contributed by atoms with Crippen molar-refractivity contribution in [3.63, 3.8) is 0 Å². The van der Waals surface area contributed by atoms with E-state index in [1.54, 1.807) is 0 Å². The Bertz CT molecular complexity index is 286. The van der Waals surface area contributed by atoms with Gasteiger partial charge in [-0.15, -0.1) is 0 Å². The molecule has 1 aromatic rings. The van der Waals surface area contributed by atoms with Gasteiger partial charge in [-0.2, -0.15) is 11.8 Å². The molecule has 0 bridgehead atoms. The van der Waals surface area contributed by atoms with Crippen LogP contribution in [0.2, 0.25) is 0 Å². The standard InChI is InChI=1S/C12H23N3S/c1-3-6-15-7-5-14-12(15)9-11(13)10-16-8-4-2/h5,7,11H,3-4,6,8-10,13H2,1-2H3. The molecule has 0 fully saturated rings. The summed E-state index contributed by atoms with van der Waals surface area (Å²) in [6.07, 6.45) is 7.18. The zero-order valence-corrected chi connectivity index (χ0v) is 11.2. The van der Waals surface area contributed by atoms with Gasteiger partial charge in [0, 0.05) is 37.2 Å². The predicted molar refractivity (Wildman–Crippen MR) is 71.8 cm³/mol. The lowest BCUT2D eigenvalue weighted by atomic mass is 10.2. The number of nitrogens with two attached hydrogens (primary N) is 1. The average Bonchev–Trinajstić information content (AvgIpc) is 2.67. The van der Waals surface area contributed by atoms with Gasteiger partial charge < -0.3 is 10.3 Å². The molecule has 1 atom stereocenters. The zero-order valence-electron chi connectivity index (χ0n) is 10.4. The Morgan fingerprint density at radius 1 is 1.44 bits per heavy atom. The summed E-state index contributed by atoms with van der Waals surface area (Å²) >= 11 is 1.94. The Labute approximate surface area is 103 Å². The molecule has 1 rings (SSSR count). The third-order valence-corrected chi connectivity index (χ3v) is 3.75. The van der Waals surface area contributed by atoms with E-state index in [0.717, 1.165) is 31.0 Å². The van der Waals surface area contributed by atoms with Crippen molar-refractivity contribution in [1.29, 1.82) is 0 Å². The highest BCUT2D eigenvalue weighted by molar-refractivity contribution is 7.99. The number of imidazole rings is 1. The van der Waals surface area contributed by atoms with Crippen molar-refractivity contribution in [2.45, 2.75) is 45.7 Å². The lowest BCUT2D eigenvalue weighted by Crippen LogP contribution is -2.27. The summed E-state index contributed by atoms with van der Waals surface area (Å²) in [5, 5.41) is 0. The highest BCUT2D eigenvalue weighted by Gasteiger charge is 2.08. The van der Waals surface area contributed by atoms with Crippen molar-refractivity contribution in [2.24, 2.45) is 5.73 Å². The van der Waals surface area contributed by atoms with Crippen molar-refractivity contribution in [2.75, 3.05) is 11.5 Å². The molecule has 0 aliphatic carbocycles. The second-order valence-corrected chi connectivity index (χ2v) is 5.23. The topological polar surface area (TPSA) is 43.8 Å². The van der Waals surface area contributed by atoms with Crippen LogP contribution in [0.3, 0.4) is 0 Å². The van der Waals surface area contributed by atoms with Gasteiger partial charge in [0.1, 0.15) is 5.82 Å². The summed E-state index contributed by atoms with van der Waals surface area (Å²) in [5.74, 6) is 3.37. The maximum atomic E-state index is 6.10. The van der Waals surface area contributed by atoms with Crippen molar-refractivity contribution in [3.05, 3.63) is 18.2 Å². The fourth-order valence-electron chi connectivity index (χ4n) is 1.65. The van der Waals surface area contributed by atoms with Gasteiger partial charge in [0.25, 0.3) is 0 Å². The van der Waals surface area contributed by atoms with Gasteiger partial charge in [0.15, 0.2) is 0 Å². The molecule has 0 saturated carbocycles. The maximum absolute atomic E-state index is 6.10. The number of thioether (sulfide) groups is 1. The number of hydrogen-bond acceptors (Lipinski definition) is 3. The molecule has 2 N–H and O–H groups in total. The minimum atomic E-state index is 0.231. The number of hydrogen-bond donors (Lipinski definition) is 1. The van der Waals surface area contributed by atoms with E-state index < -0.39 is 0 Å². The molecule has 0 aliphatic heterocycles. The highest BCUT2D eigenvalue weighted by Crippen LogP contribution is 2.08. The van der Waals surface area contributed by atoms with Crippen LogP contribution < -0.4 is 5.73 Å². The second kappa shape index (κ2) is 7.74. The van der Waals surface area contributed by atoms with Gasteiger partial charge in [-0.05, 0) is 18.6 Å². The maximum Gasteiger partial charge on any atom is 0.110 e. The van der Waals surface area contributed by atoms with E-state index in [9.17, 15) is 0 Å². The molecule has 0 aliphatic rings. The van der Waals surface area contributed by atoms with Crippen LogP contribution in [0.4, 0.5) is 0 Å². The molecular formula is C12H23N3S. The van der Waals surface area contributed by atoms with E-state index in [-0.39, 0.29) is 6.04 Å². The Morgan fingerprint density at radius 3 is 2.94 bits per heavy atom. The molecule has 0 aromatic carbocycles. The summed E-state index contributed by atoms with van der Waals surface area (Å²) in [6, 6.07) is 0.231. The molecule has 0 amide bonds.